The Kier molecular flexibility index (Phi) is 4.51. The van der Waals surface area contributed by atoms with Crippen molar-refractivity contribution in [3.05, 3.63) is 35.6 Å². The molecular formula is C15H24FNO. The molecule has 0 aromatic heterocycles. The highest BCUT2D eigenvalue weighted by Gasteiger charge is 2.40. The van der Waals surface area contributed by atoms with Crippen molar-refractivity contribution in [3.8, 4) is 0 Å². The first kappa shape index (κ1) is 15.1. The van der Waals surface area contributed by atoms with Gasteiger partial charge in [-0.1, -0.05) is 25.0 Å². The summed E-state index contributed by atoms with van der Waals surface area (Å²) in [6.45, 7) is 1.14. The van der Waals surface area contributed by atoms with Gasteiger partial charge in [0.2, 0.25) is 0 Å². The predicted octanol–water partition coefficient (Wildman–Crippen LogP) is 3.17. The molecule has 1 saturated carbocycles. The zero-order valence-electron chi connectivity index (χ0n) is 11.6. The molecule has 1 fully saturated rings. The lowest BCUT2D eigenvalue weighted by Crippen LogP contribution is -2.46. The molecule has 0 aliphatic heterocycles. The van der Waals surface area contributed by atoms with E-state index in [0.29, 0.717) is 0 Å². The zero-order chi connectivity index (χ0) is 12.5. The summed E-state index contributed by atoms with van der Waals surface area (Å²) >= 11 is 0. The summed E-state index contributed by atoms with van der Waals surface area (Å²) in [4.78, 5) is 0. The maximum atomic E-state index is 13.0. The van der Waals surface area contributed by atoms with Gasteiger partial charge in [-0.05, 0) is 30.5 Å². The van der Waals surface area contributed by atoms with Gasteiger partial charge in [-0.15, -0.1) is 0 Å². The second-order valence-corrected chi connectivity index (χ2v) is 6.44. The van der Waals surface area contributed by atoms with Gasteiger partial charge in [-0.25, -0.2) is 4.39 Å². The lowest BCUT2D eigenvalue weighted by molar-refractivity contribution is -0.874. The molecule has 1 aliphatic rings. The second kappa shape index (κ2) is 5.37. The summed E-state index contributed by atoms with van der Waals surface area (Å²) in [6, 6.07) is 7.17. The Morgan fingerprint density at radius 3 is 2.00 bits per heavy atom. The Bertz CT molecular complexity index is 374. The smallest absolute Gasteiger partial charge is 0.123 e. The highest BCUT2D eigenvalue weighted by atomic mass is 19.1. The van der Waals surface area contributed by atoms with Gasteiger partial charge in [-0.2, -0.15) is 0 Å². The minimum atomic E-state index is -0.132. The molecule has 0 radical (unpaired) electrons. The molecule has 102 valence electrons. The Morgan fingerprint density at radius 1 is 1.06 bits per heavy atom. The van der Waals surface area contributed by atoms with Crippen molar-refractivity contribution < 1.29 is 14.3 Å². The van der Waals surface area contributed by atoms with E-state index in [1.165, 1.54) is 31.2 Å². The maximum absolute atomic E-state index is 13.0. The van der Waals surface area contributed by atoms with Gasteiger partial charge in [0, 0.05) is 5.41 Å². The molecular weight excluding hydrogens is 229 g/mol. The quantitative estimate of drug-likeness (QED) is 0.761. The average molecular weight is 253 g/mol. The van der Waals surface area contributed by atoms with Gasteiger partial charge >= 0.3 is 0 Å². The molecule has 0 atom stereocenters. The van der Waals surface area contributed by atoms with Crippen LogP contribution >= 0.6 is 0 Å². The highest BCUT2D eigenvalue weighted by molar-refractivity contribution is 5.27. The van der Waals surface area contributed by atoms with E-state index < -0.39 is 0 Å². The first-order valence-corrected chi connectivity index (χ1v) is 6.48. The number of quaternary nitrogens is 1. The van der Waals surface area contributed by atoms with E-state index in [4.69, 9.17) is 0 Å². The molecule has 2 nitrogen and oxygen atoms in total. The van der Waals surface area contributed by atoms with Crippen molar-refractivity contribution in [1.82, 2.24) is 0 Å². The number of hydrogen-bond acceptors (Lipinski definition) is 1. The van der Waals surface area contributed by atoms with Gasteiger partial charge in [0.25, 0.3) is 0 Å². The molecule has 0 spiro atoms. The summed E-state index contributed by atoms with van der Waals surface area (Å²) in [5.74, 6) is -0.132. The Morgan fingerprint density at radius 2 is 1.56 bits per heavy atom. The van der Waals surface area contributed by atoms with Crippen LogP contribution in [0.25, 0.3) is 0 Å². The van der Waals surface area contributed by atoms with Gasteiger partial charge in [0.05, 0.1) is 27.7 Å². The molecule has 0 bridgehead atoms. The number of benzene rings is 1. The van der Waals surface area contributed by atoms with Crippen LogP contribution in [0.1, 0.15) is 31.2 Å². The summed E-state index contributed by atoms with van der Waals surface area (Å²) in [5, 5.41) is 0. The van der Waals surface area contributed by atoms with Gasteiger partial charge in [-0.3, -0.25) is 0 Å². The minimum Gasteiger partial charge on any atom is -0.870 e. The van der Waals surface area contributed by atoms with Crippen LogP contribution in [0.5, 0.6) is 0 Å². The SMILES string of the molecule is C[N+](C)(C)CC1(c2ccc(F)cc2)CCCC1.[OH-]. The molecule has 1 aromatic rings. The molecule has 0 saturated heterocycles. The zero-order valence-corrected chi connectivity index (χ0v) is 11.6. The van der Waals surface area contributed by atoms with Crippen molar-refractivity contribution in [3.63, 3.8) is 0 Å². The molecule has 0 amide bonds. The molecule has 0 unspecified atom stereocenters. The fourth-order valence-corrected chi connectivity index (χ4v) is 3.30. The minimum absolute atomic E-state index is 0. The number of halogens is 1. The van der Waals surface area contributed by atoms with Crippen LogP contribution in [0.3, 0.4) is 0 Å². The van der Waals surface area contributed by atoms with E-state index in [9.17, 15) is 4.39 Å². The molecule has 1 aliphatic carbocycles. The fraction of sp³-hybridized carbons (Fsp3) is 0.600. The lowest BCUT2D eigenvalue weighted by Gasteiger charge is -2.37. The van der Waals surface area contributed by atoms with Gasteiger partial charge < -0.3 is 9.96 Å². The van der Waals surface area contributed by atoms with E-state index in [0.717, 1.165) is 11.0 Å². The largest absolute Gasteiger partial charge is 0.870 e. The third-order valence-electron chi connectivity index (χ3n) is 3.79. The van der Waals surface area contributed by atoms with Gasteiger partial charge in [0.1, 0.15) is 5.82 Å². The van der Waals surface area contributed by atoms with Crippen molar-refractivity contribution in [2.24, 2.45) is 0 Å². The topological polar surface area (TPSA) is 30.0 Å². The van der Waals surface area contributed by atoms with Crippen LogP contribution in [-0.2, 0) is 5.41 Å². The van der Waals surface area contributed by atoms with Crippen LogP contribution in [0, 0.1) is 5.82 Å². The normalized spacial score (nSPS) is 18.4. The molecule has 1 aromatic carbocycles. The second-order valence-electron chi connectivity index (χ2n) is 6.44. The third-order valence-corrected chi connectivity index (χ3v) is 3.79. The van der Waals surface area contributed by atoms with Crippen LogP contribution in [0.15, 0.2) is 24.3 Å². The average Bonchev–Trinajstić information content (AvgIpc) is 2.65. The molecule has 3 heteroatoms. The summed E-state index contributed by atoms with van der Waals surface area (Å²) in [7, 11) is 6.72. The number of rotatable bonds is 3. The first-order valence-electron chi connectivity index (χ1n) is 6.48. The van der Waals surface area contributed by atoms with E-state index in [2.05, 4.69) is 21.1 Å². The number of likely N-dealkylation sites (N-methyl/N-ethyl adjacent to an activating group) is 1. The molecule has 1 N–H and O–H groups in total. The van der Waals surface area contributed by atoms with Crippen molar-refractivity contribution in [2.75, 3.05) is 27.7 Å². The van der Waals surface area contributed by atoms with E-state index in [1.807, 2.05) is 12.1 Å². The molecule has 2 rings (SSSR count). The van der Waals surface area contributed by atoms with Crippen LogP contribution in [0.2, 0.25) is 0 Å². The summed E-state index contributed by atoms with van der Waals surface area (Å²) in [6.07, 6.45) is 5.09. The highest BCUT2D eigenvalue weighted by Crippen LogP contribution is 2.42. The third kappa shape index (κ3) is 3.30. The van der Waals surface area contributed by atoms with E-state index in [1.54, 1.807) is 12.1 Å². The molecule has 0 heterocycles. The number of hydrogen-bond donors (Lipinski definition) is 0. The van der Waals surface area contributed by atoms with Crippen molar-refractivity contribution >= 4 is 0 Å². The fourth-order valence-electron chi connectivity index (χ4n) is 3.30. The standard InChI is InChI=1S/C15H23FN.H2O/c1-17(2,3)12-15(10-4-5-11-15)13-6-8-14(16)9-7-13;/h6-9H,4-5,10-12H2,1-3H3;1H2/q+1;/p-1. The Labute approximate surface area is 109 Å². The number of nitrogens with zero attached hydrogens (tertiary/aromatic N) is 1. The monoisotopic (exact) mass is 253 g/mol. The van der Waals surface area contributed by atoms with Crippen LogP contribution < -0.4 is 0 Å². The summed E-state index contributed by atoms with van der Waals surface area (Å²) < 4.78 is 14.0. The van der Waals surface area contributed by atoms with Crippen LogP contribution in [0.4, 0.5) is 4.39 Å². The van der Waals surface area contributed by atoms with Crippen molar-refractivity contribution in [1.29, 1.82) is 0 Å². The first-order chi connectivity index (χ1) is 7.91. The lowest BCUT2D eigenvalue weighted by atomic mass is 9.78. The van der Waals surface area contributed by atoms with Crippen LogP contribution in [-0.4, -0.2) is 37.6 Å². The Balaban J connectivity index is 0.00000162. The predicted molar refractivity (Wildman–Crippen MR) is 71.4 cm³/mol. The van der Waals surface area contributed by atoms with Crippen molar-refractivity contribution in [2.45, 2.75) is 31.1 Å². The van der Waals surface area contributed by atoms with E-state index >= 15 is 0 Å². The summed E-state index contributed by atoms with van der Waals surface area (Å²) in [5.41, 5.74) is 1.59. The molecule has 18 heavy (non-hydrogen) atoms. The Hall–Kier alpha value is -0.930. The van der Waals surface area contributed by atoms with E-state index in [-0.39, 0.29) is 16.7 Å². The van der Waals surface area contributed by atoms with Gasteiger partial charge in [0.15, 0.2) is 0 Å². The maximum Gasteiger partial charge on any atom is 0.123 e.